The summed E-state index contributed by atoms with van der Waals surface area (Å²) in [5, 5.41) is 2.69. The van der Waals surface area contributed by atoms with E-state index in [4.69, 9.17) is 9.47 Å². The highest BCUT2D eigenvalue weighted by molar-refractivity contribution is 5.92. The second-order valence-corrected chi connectivity index (χ2v) is 5.52. The summed E-state index contributed by atoms with van der Waals surface area (Å²) in [6, 6.07) is 5.39. The molecule has 0 radical (unpaired) electrons. The van der Waals surface area contributed by atoms with Gasteiger partial charge in [-0.25, -0.2) is 4.98 Å². The summed E-state index contributed by atoms with van der Waals surface area (Å²) in [6.07, 6.45) is -4.51. The Hall–Kier alpha value is -2.97. The van der Waals surface area contributed by atoms with Gasteiger partial charge in [0.25, 0.3) is 0 Å². The van der Waals surface area contributed by atoms with Crippen LogP contribution in [0.25, 0.3) is 11.3 Å². The van der Waals surface area contributed by atoms with Gasteiger partial charge >= 0.3 is 6.36 Å². The third-order valence-electron chi connectivity index (χ3n) is 3.63. The average Bonchev–Trinajstić information content (AvgIpc) is 2.60. The molecule has 1 aromatic carbocycles. The first-order valence-electron chi connectivity index (χ1n) is 7.98. The van der Waals surface area contributed by atoms with Crippen LogP contribution in [0, 0.1) is 6.92 Å². The number of anilines is 1. The molecule has 0 unspecified atom stereocenters. The predicted octanol–water partition coefficient (Wildman–Crippen LogP) is 4.32. The molecule has 6 nitrogen and oxygen atoms in total. The van der Waals surface area contributed by atoms with Gasteiger partial charge in [0.05, 0.1) is 19.9 Å². The Morgan fingerprint density at radius 2 is 1.89 bits per heavy atom. The van der Waals surface area contributed by atoms with Crippen molar-refractivity contribution in [3.8, 4) is 28.6 Å². The van der Waals surface area contributed by atoms with Crippen molar-refractivity contribution in [2.75, 3.05) is 19.5 Å². The lowest BCUT2D eigenvalue weighted by Gasteiger charge is -2.16. The maximum atomic E-state index is 12.4. The number of hydrogen-bond donors (Lipinski definition) is 1. The number of carbonyl (C=O) groups is 1. The first-order valence-corrected chi connectivity index (χ1v) is 7.98. The summed E-state index contributed by atoms with van der Waals surface area (Å²) in [7, 11) is 2.74. The van der Waals surface area contributed by atoms with Crippen molar-refractivity contribution in [1.29, 1.82) is 0 Å². The molecule has 0 atom stereocenters. The molecule has 0 bridgehead atoms. The number of aryl methyl sites for hydroxylation is 1. The minimum Gasteiger partial charge on any atom is -0.496 e. The number of aromatic nitrogens is 1. The molecule has 9 heteroatoms. The van der Waals surface area contributed by atoms with Gasteiger partial charge in [0.15, 0.2) is 0 Å². The van der Waals surface area contributed by atoms with Crippen LogP contribution in [0.2, 0.25) is 0 Å². The number of halogens is 3. The van der Waals surface area contributed by atoms with Gasteiger partial charge in [-0.3, -0.25) is 4.79 Å². The molecule has 1 aromatic heterocycles. The maximum absolute atomic E-state index is 12.4. The van der Waals surface area contributed by atoms with Crippen LogP contribution in [-0.4, -0.2) is 31.5 Å². The van der Waals surface area contributed by atoms with Crippen molar-refractivity contribution in [2.24, 2.45) is 0 Å². The molecular formula is C18H19F3N2O4. The number of hydrogen-bond acceptors (Lipinski definition) is 5. The molecule has 146 valence electrons. The second kappa shape index (κ2) is 8.15. The van der Waals surface area contributed by atoms with E-state index < -0.39 is 12.1 Å². The van der Waals surface area contributed by atoms with E-state index in [1.807, 2.05) is 0 Å². The third-order valence-corrected chi connectivity index (χ3v) is 3.63. The molecule has 0 aliphatic heterocycles. The number of nitrogens with zero attached hydrogens (tertiary/aromatic N) is 1. The fourth-order valence-electron chi connectivity index (χ4n) is 2.42. The zero-order chi connectivity index (χ0) is 20.2. The van der Waals surface area contributed by atoms with Gasteiger partial charge in [0, 0.05) is 18.1 Å². The lowest BCUT2D eigenvalue weighted by molar-refractivity contribution is -0.274. The largest absolute Gasteiger partial charge is 0.573 e. The molecule has 2 rings (SSSR count). The second-order valence-electron chi connectivity index (χ2n) is 5.52. The average molecular weight is 384 g/mol. The Morgan fingerprint density at radius 3 is 2.44 bits per heavy atom. The SMILES string of the molecule is CCC(=O)Nc1cc(C)c(-c2ccc(OC(F)(F)F)cc2OC)nc1OC. The van der Waals surface area contributed by atoms with Crippen molar-refractivity contribution in [3.63, 3.8) is 0 Å². The third kappa shape index (κ3) is 5.02. The van der Waals surface area contributed by atoms with Crippen molar-refractivity contribution in [3.05, 3.63) is 29.8 Å². The molecule has 0 aliphatic carbocycles. The van der Waals surface area contributed by atoms with Crippen molar-refractivity contribution in [1.82, 2.24) is 4.98 Å². The number of pyridine rings is 1. The predicted molar refractivity (Wildman–Crippen MR) is 93.1 cm³/mol. The monoisotopic (exact) mass is 384 g/mol. The zero-order valence-electron chi connectivity index (χ0n) is 15.2. The quantitative estimate of drug-likeness (QED) is 0.803. The number of rotatable bonds is 6. The van der Waals surface area contributed by atoms with E-state index in [1.165, 1.54) is 26.4 Å². The lowest BCUT2D eigenvalue weighted by atomic mass is 10.0. The van der Waals surface area contributed by atoms with Gasteiger partial charge in [0.2, 0.25) is 11.8 Å². The standard InChI is InChI=1S/C18H19F3N2O4/c1-5-15(24)22-13-8-10(2)16(23-17(13)26-4)12-7-6-11(9-14(12)25-3)27-18(19,20)21/h6-9H,5H2,1-4H3,(H,22,24). The Kier molecular flexibility index (Phi) is 6.14. The highest BCUT2D eigenvalue weighted by Gasteiger charge is 2.31. The van der Waals surface area contributed by atoms with Crippen LogP contribution < -0.4 is 19.5 Å². The molecule has 27 heavy (non-hydrogen) atoms. The summed E-state index contributed by atoms with van der Waals surface area (Å²) in [6.45, 7) is 3.47. The Bertz CT molecular complexity index is 838. The van der Waals surface area contributed by atoms with Crippen molar-refractivity contribution >= 4 is 11.6 Å². The Labute approximate surface area is 154 Å². The summed E-state index contributed by atoms with van der Waals surface area (Å²) in [4.78, 5) is 16.0. The van der Waals surface area contributed by atoms with Gasteiger partial charge in [0.1, 0.15) is 17.2 Å². The van der Waals surface area contributed by atoms with Gasteiger partial charge in [-0.2, -0.15) is 0 Å². The van der Waals surface area contributed by atoms with Crippen LogP contribution in [0.5, 0.6) is 17.4 Å². The molecule has 0 saturated carbocycles. The summed E-state index contributed by atoms with van der Waals surface area (Å²) >= 11 is 0. The number of alkyl halides is 3. The van der Waals surface area contributed by atoms with E-state index in [9.17, 15) is 18.0 Å². The summed E-state index contributed by atoms with van der Waals surface area (Å²) < 4.78 is 51.6. The number of methoxy groups -OCH3 is 2. The number of ether oxygens (including phenoxy) is 3. The number of amides is 1. The van der Waals surface area contributed by atoms with Gasteiger partial charge in [-0.15, -0.1) is 13.2 Å². The van der Waals surface area contributed by atoms with Crippen molar-refractivity contribution < 1.29 is 32.2 Å². The van der Waals surface area contributed by atoms with Crippen LogP contribution in [0.1, 0.15) is 18.9 Å². The highest BCUT2D eigenvalue weighted by Crippen LogP contribution is 2.38. The lowest BCUT2D eigenvalue weighted by Crippen LogP contribution is -2.17. The molecule has 0 fully saturated rings. The smallest absolute Gasteiger partial charge is 0.496 e. The normalized spacial score (nSPS) is 11.1. The van der Waals surface area contributed by atoms with Crippen LogP contribution >= 0.6 is 0 Å². The topological polar surface area (TPSA) is 69.7 Å². The molecule has 1 N–H and O–H groups in total. The first-order chi connectivity index (χ1) is 12.7. The fourth-order valence-corrected chi connectivity index (χ4v) is 2.42. The summed E-state index contributed by atoms with van der Waals surface area (Å²) in [5.74, 6) is -0.275. The molecule has 1 amide bonds. The molecular weight excluding hydrogens is 365 g/mol. The van der Waals surface area contributed by atoms with Gasteiger partial charge in [-0.1, -0.05) is 6.92 Å². The van der Waals surface area contributed by atoms with Gasteiger partial charge < -0.3 is 19.5 Å². The molecule has 0 saturated heterocycles. The van der Waals surface area contributed by atoms with E-state index in [0.29, 0.717) is 28.9 Å². The molecule has 0 spiro atoms. The molecule has 0 aliphatic rings. The molecule has 1 heterocycles. The van der Waals surface area contributed by atoms with Crippen LogP contribution in [0.15, 0.2) is 24.3 Å². The van der Waals surface area contributed by atoms with E-state index in [2.05, 4.69) is 15.0 Å². The molecule has 2 aromatic rings. The van der Waals surface area contributed by atoms with Crippen molar-refractivity contribution in [2.45, 2.75) is 26.6 Å². The summed E-state index contributed by atoms with van der Waals surface area (Å²) in [5.41, 5.74) is 1.97. The van der Waals surface area contributed by atoms with Crippen LogP contribution in [0.3, 0.4) is 0 Å². The Balaban J connectivity index is 2.49. The Morgan fingerprint density at radius 1 is 1.19 bits per heavy atom. The highest BCUT2D eigenvalue weighted by atomic mass is 19.4. The number of nitrogens with one attached hydrogen (secondary N) is 1. The maximum Gasteiger partial charge on any atom is 0.573 e. The zero-order valence-corrected chi connectivity index (χ0v) is 15.2. The van der Waals surface area contributed by atoms with Gasteiger partial charge in [-0.05, 0) is 30.7 Å². The minimum atomic E-state index is -4.80. The van der Waals surface area contributed by atoms with Crippen LogP contribution in [0.4, 0.5) is 18.9 Å². The first kappa shape index (κ1) is 20.3. The van der Waals surface area contributed by atoms with E-state index >= 15 is 0 Å². The van der Waals surface area contributed by atoms with E-state index in [-0.39, 0.29) is 17.5 Å². The van der Waals surface area contributed by atoms with E-state index in [0.717, 1.165) is 6.07 Å². The number of carbonyl (C=O) groups excluding carboxylic acids is 1. The van der Waals surface area contributed by atoms with Crippen LogP contribution in [-0.2, 0) is 4.79 Å². The number of benzene rings is 1. The van der Waals surface area contributed by atoms with E-state index in [1.54, 1.807) is 19.9 Å². The fraction of sp³-hybridized carbons (Fsp3) is 0.333. The minimum absolute atomic E-state index is 0.153.